The van der Waals surface area contributed by atoms with E-state index in [2.05, 4.69) is 0 Å². The van der Waals surface area contributed by atoms with Gasteiger partial charge in [0, 0.05) is 0 Å². The Morgan fingerprint density at radius 1 is 1.20 bits per heavy atom. The SMILES string of the molecule is O=COC1(C(=O)OC2CCCC2)CCC1. The smallest absolute Gasteiger partial charge is 0.350 e. The lowest BCUT2D eigenvalue weighted by atomic mass is 9.80. The first kappa shape index (κ1) is 10.5. The first-order chi connectivity index (χ1) is 7.27. The van der Waals surface area contributed by atoms with Crippen molar-refractivity contribution in [2.24, 2.45) is 0 Å². The number of esters is 1. The van der Waals surface area contributed by atoms with Crippen LogP contribution in [0, 0.1) is 0 Å². The van der Waals surface area contributed by atoms with Crippen LogP contribution >= 0.6 is 0 Å². The maximum absolute atomic E-state index is 11.8. The molecule has 0 bridgehead atoms. The van der Waals surface area contributed by atoms with Gasteiger partial charge in [-0.05, 0) is 44.9 Å². The maximum Gasteiger partial charge on any atom is 0.350 e. The number of ether oxygens (including phenoxy) is 2. The molecule has 4 heteroatoms. The Hall–Kier alpha value is -1.06. The Morgan fingerprint density at radius 2 is 1.87 bits per heavy atom. The quantitative estimate of drug-likeness (QED) is 0.524. The van der Waals surface area contributed by atoms with Gasteiger partial charge in [-0.15, -0.1) is 0 Å². The van der Waals surface area contributed by atoms with Crippen molar-refractivity contribution in [1.29, 1.82) is 0 Å². The first-order valence-corrected chi connectivity index (χ1v) is 5.59. The highest BCUT2D eigenvalue weighted by atomic mass is 16.6. The van der Waals surface area contributed by atoms with Crippen molar-refractivity contribution >= 4 is 12.4 Å². The van der Waals surface area contributed by atoms with Crippen LogP contribution in [0.5, 0.6) is 0 Å². The predicted octanol–water partition coefficient (Wildman–Crippen LogP) is 1.57. The van der Waals surface area contributed by atoms with E-state index in [1.54, 1.807) is 0 Å². The minimum atomic E-state index is -0.940. The molecule has 84 valence electrons. The average Bonchev–Trinajstić information content (AvgIpc) is 2.63. The summed E-state index contributed by atoms with van der Waals surface area (Å²) in [6, 6.07) is 0. The highest BCUT2D eigenvalue weighted by molar-refractivity contribution is 5.82. The molecule has 0 atom stereocenters. The van der Waals surface area contributed by atoms with E-state index in [0.29, 0.717) is 19.3 Å². The third-order valence-electron chi connectivity index (χ3n) is 3.38. The normalized spacial score (nSPS) is 24.3. The van der Waals surface area contributed by atoms with Gasteiger partial charge in [-0.2, -0.15) is 0 Å². The van der Waals surface area contributed by atoms with E-state index in [4.69, 9.17) is 9.47 Å². The number of carbonyl (C=O) groups excluding carboxylic acids is 2. The first-order valence-electron chi connectivity index (χ1n) is 5.59. The summed E-state index contributed by atoms with van der Waals surface area (Å²) in [4.78, 5) is 22.1. The molecule has 2 rings (SSSR count). The lowest BCUT2D eigenvalue weighted by Gasteiger charge is -2.37. The Kier molecular flexibility index (Phi) is 2.93. The van der Waals surface area contributed by atoms with E-state index in [1.807, 2.05) is 0 Å². The molecule has 15 heavy (non-hydrogen) atoms. The molecular formula is C11H16O4. The molecule has 0 spiro atoms. The highest BCUT2D eigenvalue weighted by Gasteiger charge is 2.49. The monoisotopic (exact) mass is 212 g/mol. The summed E-state index contributed by atoms with van der Waals surface area (Å²) < 4.78 is 10.2. The number of rotatable bonds is 4. The van der Waals surface area contributed by atoms with Crippen molar-refractivity contribution in [2.45, 2.75) is 56.7 Å². The van der Waals surface area contributed by atoms with Gasteiger partial charge in [0.05, 0.1) is 0 Å². The third kappa shape index (κ3) is 1.98. The van der Waals surface area contributed by atoms with Crippen molar-refractivity contribution in [3.8, 4) is 0 Å². The van der Waals surface area contributed by atoms with Gasteiger partial charge < -0.3 is 9.47 Å². The average molecular weight is 212 g/mol. The molecule has 2 saturated carbocycles. The van der Waals surface area contributed by atoms with Gasteiger partial charge in [0.25, 0.3) is 6.47 Å². The topological polar surface area (TPSA) is 52.6 Å². The standard InChI is InChI=1S/C11H16O4/c12-8-14-11(6-3-7-11)10(13)15-9-4-1-2-5-9/h8-9H,1-7H2. The maximum atomic E-state index is 11.8. The van der Waals surface area contributed by atoms with E-state index in [1.165, 1.54) is 0 Å². The molecule has 2 aliphatic rings. The van der Waals surface area contributed by atoms with Crippen molar-refractivity contribution in [3.63, 3.8) is 0 Å². The van der Waals surface area contributed by atoms with E-state index < -0.39 is 5.60 Å². The molecule has 0 unspecified atom stereocenters. The van der Waals surface area contributed by atoms with Gasteiger partial charge in [-0.3, -0.25) is 4.79 Å². The molecule has 0 aliphatic heterocycles. The molecule has 0 N–H and O–H groups in total. The van der Waals surface area contributed by atoms with E-state index in [9.17, 15) is 9.59 Å². The van der Waals surface area contributed by atoms with Crippen molar-refractivity contribution in [1.82, 2.24) is 0 Å². The molecule has 0 aromatic heterocycles. The molecule has 0 aromatic carbocycles. The Morgan fingerprint density at radius 3 is 2.33 bits per heavy atom. The molecule has 4 nitrogen and oxygen atoms in total. The van der Waals surface area contributed by atoms with E-state index >= 15 is 0 Å². The largest absolute Gasteiger partial charge is 0.459 e. The van der Waals surface area contributed by atoms with Crippen molar-refractivity contribution in [3.05, 3.63) is 0 Å². The number of hydrogen-bond donors (Lipinski definition) is 0. The van der Waals surface area contributed by atoms with Gasteiger partial charge in [0.15, 0.2) is 0 Å². The van der Waals surface area contributed by atoms with Crippen molar-refractivity contribution in [2.75, 3.05) is 0 Å². The number of hydrogen-bond acceptors (Lipinski definition) is 4. The fourth-order valence-electron chi connectivity index (χ4n) is 2.23. The van der Waals surface area contributed by atoms with Gasteiger partial charge in [-0.25, -0.2) is 4.79 Å². The molecule has 0 heterocycles. The third-order valence-corrected chi connectivity index (χ3v) is 3.38. The second-order valence-electron chi connectivity index (χ2n) is 4.37. The lowest BCUT2D eigenvalue weighted by Crippen LogP contribution is -2.49. The lowest BCUT2D eigenvalue weighted by molar-refractivity contribution is -0.190. The van der Waals surface area contributed by atoms with Crippen LogP contribution in [0.3, 0.4) is 0 Å². The zero-order valence-electron chi connectivity index (χ0n) is 8.74. The van der Waals surface area contributed by atoms with Crippen LogP contribution in [0.1, 0.15) is 44.9 Å². The minimum Gasteiger partial charge on any atom is -0.459 e. The summed E-state index contributed by atoms with van der Waals surface area (Å²) in [5.41, 5.74) is -0.940. The van der Waals surface area contributed by atoms with Gasteiger partial charge in [0.1, 0.15) is 6.10 Å². The zero-order chi connectivity index (χ0) is 10.7. The highest BCUT2D eigenvalue weighted by Crippen LogP contribution is 2.37. The molecule has 0 radical (unpaired) electrons. The molecular weight excluding hydrogens is 196 g/mol. The van der Waals surface area contributed by atoms with Gasteiger partial charge >= 0.3 is 5.97 Å². The fourth-order valence-corrected chi connectivity index (χ4v) is 2.23. The van der Waals surface area contributed by atoms with E-state index in [0.717, 1.165) is 32.1 Å². The van der Waals surface area contributed by atoms with Crippen LogP contribution in [-0.4, -0.2) is 24.1 Å². The summed E-state index contributed by atoms with van der Waals surface area (Å²) in [6.45, 7) is 0.356. The second-order valence-corrected chi connectivity index (χ2v) is 4.37. The summed E-state index contributed by atoms with van der Waals surface area (Å²) >= 11 is 0. The fraction of sp³-hybridized carbons (Fsp3) is 0.818. The van der Waals surface area contributed by atoms with Crippen LogP contribution in [0.15, 0.2) is 0 Å². The summed E-state index contributed by atoms with van der Waals surface area (Å²) in [5, 5.41) is 0. The van der Waals surface area contributed by atoms with Crippen LogP contribution in [-0.2, 0) is 19.1 Å². The predicted molar refractivity (Wildman–Crippen MR) is 52.1 cm³/mol. The van der Waals surface area contributed by atoms with Crippen LogP contribution in [0.25, 0.3) is 0 Å². The molecule has 2 fully saturated rings. The van der Waals surface area contributed by atoms with Crippen molar-refractivity contribution < 1.29 is 19.1 Å². The Labute approximate surface area is 88.9 Å². The molecule has 0 amide bonds. The van der Waals surface area contributed by atoms with Gasteiger partial charge in [-0.1, -0.05) is 0 Å². The minimum absolute atomic E-state index is 0.0465. The Balaban J connectivity index is 1.90. The summed E-state index contributed by atoms with van der Waals surface area (Å²) in [5.74, 6) is -0.340. The second kappa shape index (κ2) is 4.21. The Bertz CT molecular complexity index is 251. The van der Waals surface area contributed by atoms with Gasteiger partial charge in [0.2, 0.25) is 5.60 Å². The van der Waals surface area contributed by atoms with E-state index in [-0.39, 0.29) is 12.1 Å². The molecule has 0 saturated heterocycles. The molecule has 2 aliphatic carbocycles. The molecule has 0 aromatic rings. The van der Waals surface area contributed by atoms with Crippen LogP contribution in [0.2, 0.25) is 0 Å². The number of carbonyl (C=O) groups is 2. The van der Waals surface area contributed by atoms with Crippen LogP contribution in [0.4, 0.5) is 0 Å². The summed E-state index contributed by atoms with van der Waals surface area (Å²) in [7, 11) is 0. The zero-order valence-corrected chi connectivity index (χ0v) is 8.74. The van der Waals surface area contributed by atoms with Crippen LogP contribution < -0.4 is 0 Å². The summed E-state index contributed by atoms with van der Waals surface area (Å²) in [6.07, 6.45) is 6.33.